The first-order valence-electron chi connectivity index (χ1n) is 11.7. The predicted molar refractivity (Wildman–Crippen MR) is 134 cm³/mol. The smallest absolute Gasteiger partial charge is 0.337 e. The fourth-order valence-corrected chi connectivity index (χ4v) is 5.06. The van der Waals surface area contributed by atoms with Crippen molar-refractivity contribution in [3.63, 3.8) is 0 Å². The number of carbonyl (C=O) groups is 2. The van der Waals surface area contributed by atoms with Gasteiger partial charge in [0.1, 0.15) is 11.8 Å². The van der Waals surface area contributed by atoms with Crippen molar-refractivity contribution in [3.05, 3.63) is 53.3 Å². The molecule has 0 saturated carbocycles. The molecule has 0 radical (unpaired) electrons. The number of ether oxygens (including phenoxy) is 2. The summed E-state index contributed by atoms with van der Waals surface area (Å²) in [5, 5.41) is 14.9. The zero-order chi connectivity index (χ0) is 24.9. The van der Waals surface area contributed by atoms with E-state index in [0.717, 1.165) is 36.8 Å². The third kappa shape index (κ3) is 5.55. The number of aromatic carboxylic acids is 1. The molecule has 0 aliphatic carbocycles. The summed E-state index contributed by atoms with van der Waals surface area (Å²) >= 11 is 1.39. The van der Waals surface area contributed by atoms with Crippen LogP contribution in [0, 0.1) is 0 Å². The molecule has 36 heavy (non-hydrogen) atoms. The maximum Gasteiger partial charge on any atom is 0.337 e. The van der Waals surface area contributed by atoms with Gasteiger partial charge in [0.2, 0.25) is 0 Å². The summed E-state index contributed by atoms with van der Waals surface area (Å²) in [4.78, 5) is 41.7. The van der Waals surface area contributed by atoms with E-state index in [1.165, 1.54) is 11.3 Å². The molecule has 12 heteroatoms. The summed E-state index contributed by atoms with van der Waals surface area (Å²) in [7, 11) is 0. The van der Waals surface area contributed by atoms with Gasteiger partial charge < -0.3 is 29.7 Å². The highest BCUT2D eigenvalue weighted by atomic mass is 32.1. The van der Waals surface area contributed by atoms with Crippen molar-refractivity contribution >= 4 is 39.7 Å². The minimum atomic E-state index is -1.11. The van der Waals surface area contributed by atoms with Crippen LogP contribution in [0.25, 0.3) is 0 Å². The van der Waals surface area contributed by atoms with Gasteiger partial charge in [-0.25, -0.2) is 19.7 Å². The van der Waals surface area contributed by atoms with Gasteiger partial charge in [0, 0.05) is 62.5 Å². The van der Waals surface area contributed by atoms with Crippen LogP contribution < -0.4 is 19.9 Å². The fraction of sp³-hybridized carbons (Fsp3) is 0.375. The molecule has 3 aromatic rings. The Balaban J connectivity index is 1.21. The number of nitrogens with one attached hydrogen (secondary N) is 1. The number of anilines is 3. The average Bonchev–Trinajstić information content (AvgIpc) is 3.41. The van der Waals surface area contributed by atoms with Gasteiger partial charge in [-0.05, 0) is 24.3 Å². The van der Waals surface area contributed by atoms with Crippen LogP contribution in [0.1, 0.15) is 33.7 Å². The maximum absolute atomic E-state index is 12.9. The lowest BCUT2D eigenvalue weighted by molar-refractivity contribution is 0.0698. The van der Waals surface area contributed by atoms with Crippen LogP contribution in [0.5, 0.6) is 6.01 Å². The number of hydrogen-bond acceptors (Lipinski definition) is 10. The molecule has 2 aliphatic heterocycles. The van der Waals surface area contributed by atoms with Gasteiger partial charge >= 0.3 is 12.0 Å². The van der Waals surface area contributed by atoms with Gasteiger partial charge in [0.15, 0.2) is 5.13 Å². The Morgan fingerprint density at radius 1 is 1.08 bits per heavy atom. The molecule has 2 N–H and O–H groups in total. The molecule has 1 aromatic carbocycles. The summed E-state index contributed by atoms with van der Waals surface area (Å²) in [6.45, 7) is 4.04. The molecule has 0 atom stereocenters. The second-order valence-corrected chi connectivity index (χ2v) is 9.28. The number of thiazole rings is 1. The lowest BCUT2D eigenvalue weighted by Crippen LogP contribution is -2.38. The first-order chi connectivity index (χ1) is 17.6. The monoisotopic (exact) mass is 510 g/mol. The first kappa shape index (κ1) is 23.9. The van der Waals surface area contributed by atoms with Gasteiger partial charge in [-0.1, -0.05) is 0 Å². The minimum Gasteiger partial charge on any atom is -0.478 e. The van der Waals surface area contributed by atoms with E-state index in [0.29, 0.717) is 32.3 Å². The Morgan fingerprint density at radius 2 is 1.83 bits per heavy atom. The van der Waals surface area contributed by atoms with E-state index in [-0.39, 0.29) is 23.0 Å². The summed E-state index contributed by atoms with van der Waals surface area (Å²) in [5.74, 6) is -1.55. The molecular weight excluding hydrogens is 484 g/mol. The van der Waals surface area contributed by atoms with Gasteiger partial charge in [0.25, 0.3) is 5.91 Å². The van der Waals surface area contributed by atoms with Crippen LogP contribution in [0.3, 0.4) is 0 Å². The van der Waals surface area contributed by atoms with Gasteiger partial charge in [0.05, 0.1) is 24.5 Å². The van der Waals surface area contributed by atoms with Crippen molar-refractivity contribution in [2.24, 2.45) is 0 Å². The number of carboxylic acid groups (broad SMARTS) is 1. The van der Waals surface area contributed by atoms with Crippen molar-refractivity contribution < 1.29 is 24.2 Å². The van der Waals surface area contributed by atoms with Gasteiger partial charge in [-0.3, -0.25) is 4.79 Å². The Morgan fingerprint density at radius 3 is 2.56 bits per heavy atom. The van der Waals surface area contributed by atoms with E-state index in [9.17, 15) is 14.7 Å². The van der Waals surface area contributed by atoms with Crippen LogP contribution in [-0.4, -0.2) is 77.4 Å². The number of aromatic nitrogens is 3. The summed E-state index contributed by atoms with van der Waals surface area (Å²) in [6.07, 6.45) is 4.91. The van der Waals surface area contributed by atoms with E-state index in [4.69, 9.17) is 9.47 Å². The predicted octanol–water partition coefficient (Wildman–Crippen LogP) is 2.77. The van der Waals surface area contributed by atoms with Gasteiger partial charge in [-0.2, -0.15) is 0 Å². The van der Waals surface area contributed by atoms with Crippen LogP contribution in [0.2, 0.25) is 0 Å². The molecular formula is C24H26N6O5S. The standard InChI is InChI=1S/C24H26N6O5S/c31-21(27-19-3-2-16(14-18(19)22(32)33)29-10-12-34-13-11-29)20-15-36-24(28-20)30-8-4-17(5-9-30)35-23-25-6-1-7-26-23/h1-3,6-7,14-15,17H,4-5,8-13H2,(H,27,31)(H,32,33). The molecule has 0 spiro atoms. The van der Waals surface area contributed by atoms with Crippen molar-refractivity contribution in [2.75, 3.05) is 54.5 Å². The average molecular weight is 511 g/mol. The molecule has 0 unspecified atom stereocenters. The maximum atomic E-state index is 12.9. The van der Waals surface area contributed by atoms with Crippen molar-refractivity contribution in [1.82, 2.24) is 15.0 Å². The zero-order valence-corrected chi connectivity index (χ0v) is 20.3. The molecule has 2 aromatic heterocycles. The van der Waals surface area contributed by atoms with Crippen molar-refractivity contribution in [2.45, 2.75) is 18.9 Å². The number of morpholine rings is 1. The summed E-state index contributed by atoms with van der Waals surface area (Å²) in [5.41, 5.74) is 1.31. The highest BCUT2D eigenvalue weighted by molar-refractivity contribution is 7.14. The molecule has 4 heterocycles. The van der Waals surface area contributed by atoms with Crippen molar-refractivity contribution in [3.8, 4) is 6.01 Å². The molecule has 2 fully saturated rings. The largest absolute Gasteiger partial charge is 0.478 e. The Hall–Kier alpha value is -3.77. The highest BCUT2D eigenvalue weighted by Gasteiger charge is 2.25. The lowest BCUT2D eigenvalue weighted by atomic mass is 10.1. The number of carboxylic acids is 1. The second kappa shape index (κ2) is 10.9. The molecule has 2 saturated heterocycles. The summed E-state index contributed by atoms with van der Waals surface area (Å²) in [6, 6.07) is 7.15. The number of benzene rings is 1. The molecule has 2 aliphatic rings. The third-order valence-electron chi connectivity index (χ3n) is 6.11. The first-order valence-corrected chi connectivity index (χ1v) is 12.6. The van der Waals surface area contributed by atoms with E-state index in [2.05, 4.69) is 30.1 Å². The van der Waals surface area contributed by atoms with Crippen molar-refractivity contribution in [1.29, 1.82) is 0 Å². The van der Waals surface area contributed by atoms with E-state index in [1.54, 1.807) is 36.0 Å². The van der Waals surface area contributed by atoms with E-state index >= 15 is 0 Å². The Labute approximate surface area is 211 Å². The summed E-state index contributed by atoms with van der Waals surface area (Å²) < 4.78 is 11.2. The minimum absolute atomic E-state index is 0.0289. The number of piperidine rings is 1. The number of nitrogens with zero attached hydrogens (tertiary/aromatic N) is 5. The number of hydrogen-bond donors (Lipinski definition) is 2. The van der Waals surface area contributed by atoms with Crippen LogP contribution in [-0.2, 0) is 4.74 Å². The van der Waals surface area contributed by atoms with E-state index in [1.807, 2.05) is 6.07 Å². The highest BCUT2D eigenvalue weighted by Crippen LogP contribution is 2.28. The van der Waals surface area contributed by atoms with Gasteiger partial charge in [-0.15, -0.1) is 11.3 Å². The number of amides is 1. The normalized spacial score (nSPS) is 16.6. The SMILES string of the molecule is O=C(Nc1ccc(N2CCOCC2)cc1C(=O)O)c1csc(N2CCC(Oc3ncccn3)CC2)n1. The molecule has 11 nitrogen and oxygen atoms in total. The van der Waals surface area contributed by atoms with Crippen LogP contribution in [0.4, 0.5) is 16.5 Å². The van der Waals surface area contributed by atoms with Crippen LogP contribution >= 0.6 is 11.3 Å². The second-order valence-electron chi connectivity index (χ2n) is 8.44. The number of rotatable bonds is 7. The fourth-order valence-electron chi connectivity index (χ4n) is 4.20. The molecule has 0 bridgehead atoms. The Kier molecular flexibility index (Phi) is 7.23. The Bertz CT molecular complexity index is 1210. The number of carbonyl (C=O) groups excluding carboxylic acids is 1. The molecule has 188 valence electrons. The van der Waals surface area contributed by atoms with E-state index < -0.39 is 11.9 Å². The van der Waals surface area contributed by atoms with Crippen LogP contribution in [0.15, 0.2) is 42.0 Å². The lowest BCUT2D eigenvalue weighted by Gasteiger charge is -2.31. The molecule has 5 rings (SSSR count). The quantitative estimate of drug-likeness (QED) is 0.489. The molecule has 1 amide bonds. The third-order valence-corrected chi connectivity index (χ3v) is 7.01. The topological polar surface area (TPSA) is 130 Å². The zero-order valence-electron chi connectivity index (χ0n) is 19.5.